The summed E-state index contributed by atoms with van der Waals surface area (Å²) in [6.45, 7) is 1.83. The molecule has 0 aromatic heterocycles. The third-order valence-electron chi connectivity index (χ3n) is 4.93. The minimum absolute atomic E-state index is 0.0403. The number of sulfone groups is 1. The van der Waals surface area contributed by atoms with E-state index in [9.17, 15) is 22.8 Å². The summed E-state index contributed by atoms with van der Waals surface area (Å²) >= 11 is 0. The maximum absolute atomic E-state index is 13.0. The highest BCUT2D eigenvalue weighted by Gasteiger charge is 2.32. The van der Waals surface area contributed by atoms with Crippen LogP contribution in [-0.4, -0.2) is 31.6 Å². The van der Waals surface area contributed by atoms with Crippen molar-refractivity contribution in [2.45, 2.75) is 11.8 Å². The third kappa shape index (κ3) is 3.44. The standard InChI is InChI=1S/C23H17NO5S/c1-14-9-11-15(12-10-14)30(28,29)13-20(25)24-19-8-4-7-18-21(19)23(27)17-6-3-2-5-16(17)22(18)26/h2-12H,13H2,1H3,(H,24,25). The first-order valence-corrected chi connectivity index (χ1v) is 10.8. The third-order valence-corrected chi connectivity index (χ3v) is 6.56. The fraction of sp³-hybridized carbons (Fsp3) is 0.0870. The molecule has 0 bridgehead atoms. The van der Waals surface area contributed by atoms with Gasteiger partial charge in [0.25, 0.3) is 0 Å². The molecule has 0 saturated heterocycles. The lowest BCUT2D eigenvalue weighted by molar-refractivity contribution is -0.113. The van der Waals surface area contributed by atoms with E-state index in [1.807, 2.05) is 6.92 Å². The number of rotatable bonds is 4. The van der Waals surface area contributed by atoms with Crippen molar-refractivity contribution in [3.8, 4) is 0 Å². The first kappa shape index (κ1) is 19.7. The number of aryl methyl sites for hydroxylation is 1. The lowest BCUT2D eigenvalue weighted by Crippen LogP contribution is -2.27. The summed E-state index contributed by atoms with van der Waals surface area (Å²) in [6, 6.07) is 17.2. The van der Waals surface area contributed by atoms with Gasteiger partial charge in [0.1, 0.15) is 5.75 Å². The van der Waals surface area contributed by atoms with Crippen LogP contribution in [0, 0.1) is 6.92 Å². The minimum atomic E-state index is -3.85. The molecule has 1 aliphatic rings. The average molecular weight is 419 g/mol. The Balaban J connectivity index is 1.64. The number of fused-ring (bicyclic) bond motifs is 2. The van der Waals surface area contributed by atoms with Gasteiger partial charge in [-0.2, -0.15) is 0 Å². The molecule has 0 unspecified atom stereocenters. The fourth-order valence-corrected chi connectivity index (χ4v) is 4.57. The van der Waals surface area contributed by atoms with Crippen molar-refractivity contribution in [1.29, 1.82) is 0 Å². The van der Waals surface area contributed by atoms with Crippen molar-refractivity contribution < 1.29 is 22.8 Å². The van der Waals surface area contributed by atoms with E-state index in [2.05, 4.69) is 5.32 Å². The van der Waals surface area contributed by atoms with Gasteiger partial charge >= 0.3 is 0 Å². The molecular weight excluding hydrogens is 402 g/mol. The quantitative estimate of drug-likeness (QED) is 0.548. The lowest BCUT2D eigenvalue weighted by atomic mass is 9.83. The van der Waals surface area contributed by atoms with Crippen LogP contribution in [0.2, 0.25) is 0 Å². The first-order valence-electron chi connectivity index (χ1n) is 9.18. The topological polar surface area (TPSA) is 97.4 Å². The molecule has 0 radical (unpaired) electrons. The molecule has 1 N–H and O–H groups in total. The second-order valence-electron chi connectivity index (χ2n) is 7.05. The van der Waals surface area contributed by atoms with Crippen molar-refractivity contribution in [2.24, 2.45) is 0 Å². The van der Waals surface area contributed by atoms with E-state index in [0.717, 1.165) is 5.56 Å². The average Bonchev–Trinajstić information content (AvgIpc) is 2.72. The van der Waals surface area contributed by atoms with E-state index in [1.165, 1.54) is 24.3 Å². The van der Waals surface area contributed by atoms with Crippen LogP contribution in [0.1, 0.15) is 37.4 Å². The number of benzene rings is 3. The van der Waals surface area contributed by atoms with Crippen LogP contribution in [0.25, 0.3) is 0 Å². The van der Waals surface area contributed by atoms with Crippen molar-refractivity contribution in [3.05, 3.63) is 94.5 Å². The second kappa shape index (κ2) is 7.35. The highest BCUT2D eigenvalue weighted by atomic mass is 32.2. The van der Waals surface area contributed by atoms with Crippen LogP contribution in [-0.2, 0) is 14.6 Å². The summed E-state index contributed by atoms with van der Waals surface area (Å²) in [4.78, 5) is 38.3. The van der Waals surface area contributed by atoms with Crippen molar-refractivity contribution in [2.75, 3.05) is 11.1 Å². The van der Waals surface area contributed by atoms with E-state index >= 15 is 0 Å². The Labute approximate surface area is 173 Å². The van der Waals surface area contributed by atoms with Crippen molar-refractivity contribution in [3.63, 3.8) is 0 Å². The molecule has 4 rings (SSSR count). The SMILES string of the molecule is Cc1ccc(S(=O)(=O)CC(=O)Nc2cccc3c2C(=O)c2ccccc2C3=O)cc1. The fourth-order valence-electron chi connectivity index (χ4n) is 3.44. The molecule has 30 heavy (non-hydrogen) atoms. The number of carbonyl (C=O) groups is 3. The van der Waals surface area contributed by atoms with Gasteiger partial charge in [-0.05, 0) is 25.1 Å². The molecule has 150 valence electrons. The van der Waals surface area contributed by atoms with Crippen LogP contribution < -0.4 is 5.32 Å². The number of hydrogen-bond acceptors (Lipinski definition) is 5. The van der Waals surface area contributed by atoms with Gasteiger partial charge in [-0.15, -0.1) is 0 Å². The first-order chi connectivity index (χ1) is 14.3. The minimum Gasteiger partial charge on any atom is -0.324 e. The Morgan fingerprint density at radius 2 is 1.40 bits per heavy atom. The maximum atomic E-state index is 13.0. The molecule has 6 nitrogen and oxygen atoms in total. The number of anilines is 1. The van der Waals surface area contributed by atoms with Crippen LogP contribution in [0.5, 0.6) is 0 Å². The normalized spacial score (nSPS) is 12.8. The van der Waals surface area contributed by atoms with Gasteiger partial charge in [0.15, 0.2) is 21.4 Å². The summed E-state index contributed by atoms with van der Waals surface area (Å²) in [5.41, 5.74) is 1.83. The summed E-state index contributed by atoms with van der Waals surface area (Å²) in [5, 5.41) is 2.50. The molecule has 0 spiro atoms. The molecule has 0 atom stereocenters. The largest absolute Gasteiger partial charge is 0.324 e. The Morgan fingerprint density at radius 3 is 2.07 bits per heavy atom. The van der Waals surface area contributed by atoms with E-state index in [0.29, 0.717) is 5.56 Å². The van der Waals surface area contributed by atoms with Gasteiger partial charge in [-0.1, -0.05) is 54.1 Å². The molecule has 1 amide bonds. The highest BCUT2D eigenvalue weighted by Crippen LogP contribution is 2.32. The Morgan fingerprint density at radius 1 is 0.800 bits per heavy atom. The molecule has 0 aliphatic heterocycles. The molecule has 0 fully saturated rings. The van der Waals surface area contributed by atoms with Crippen LogP contribution in [0.15, 0.2) is 71.6 Å². The highest BCUT2D eigenvalue weighted by molar-refractivity contribution is 7.92. The van der Waals surface area contributed by atoms with Crippen molar-refractivity contribution in [1.82, 2.24) is 0 Å². The van der Waals surface area contributed by atoms with Gasteiger partial charge in [-0.3, -0.25) is 14.4 Å². The maximum Gasteiger partial charge on any atom is 0.239 e. The van der Waals surface area contributed by atoms with E-state index in [4.69, 9.17) is 0 Å². The molecule has 3 aromatic carbocycles. The smallest absolute Gasteiger partial charge is 0.239 e. The zero-order chi connectivity index (χ0) is 21.5. The second-order valence-corrected chi connectivity index (χ2v) is 9.04. The number of nitrogens with one attached hydrogen (secondary N) is 1. The van der Waals surface area contributed by atoms with Gasteiger partial charge in [0.2, 0.25) is 5.91 Å². The van der Waals surface area contributed by atoms with Gasteiger partial charge in [0, 0.05) is 16.7 Å². The van der Waals surface area contributed by atoms with E-state index in [-0.39, 0.29) is 33.1 Å². The predicted octanol–water partition coefficient (Wildman–Crippen LogP) is 3.18. The van der Waals surface area contributed by atoms with E-state index < -0.39 is 27.3 Å². The number of carbonyl (C=O) groups excluding carboxylic acids is 3. The zero-order valence-electron chi connectivity index (χ0n) is 16.0. The molecule has 3 aromatic rings. The van der Waals surface area contributed by atoms with Gasteiger partial charge < -0.3 is 5.32 Å². The summed E-state index contributed by atoms with van der Waals surface area (Å²) in [5.74, 6) is -2.28. The Hall–Kier alpha value is -3.58. The molecule has 1 aliphatic carbocycles. The number of hydrogen-bond donors (Lipinski definition) is 1. The monoisotopic (exact) mass is 419 g/mol. The molecule has 0 saturated carbocycles. The van der Waals surface area contributed by atoms with Crippen molar-refractivity contribution >= 4 is 33.0 Å². The van der Waals surface area contributed by atoms with E-state index in [1.54, 1.807) is 42.5 Å². The molecular formula is C23H17NO5S. The molecule has 0 heterocycles. The van der Waals surface area contributed by atoms with Gasteiger partial charge in [-0.25, -0.2) is 8.42 Å². The summed E-state index contributed by atoms with van der Waals surface area (Å²) < 4.78 is 25.1. The van der Waals surface area contributed by atoms with Gasteiger partial charge in [0.05, 0.1) is 16.1 Å². The predicted molar refractivity (Wildman–Crippen MR) is 112 cm³/mol. The summed E-state index contributed by atoms with van der Waals surface area (Å²) in [6.07, 6.45) is 0. The molecule has 7 heteroatoms. The van der Waals surface area contributed by atoms with Crippen LogP contribution >= 0.6 is 0 Å². The lowest BCUT2D eigenvalue weighted by Gasteiger charge is -2.20. The van der Waals surface area contributed by atoms with Crippen LogP contribution in [0.3, 0.4) is 0 Å². The zero-order valence-corrected chi connectivity index (χ0v) is 16.8. The Bertz CT molecular complexity index is 1310. The summed E-state index contributed by atoms with van der Waals surface area (Å²) in [7, 11) is -3.85. The number of ketones is 2. The van der Waals surface area contributed by atoms with Crippen LogP contribution in [0.4, 0.5) is 5.69 Å². The number of amides is 1. The Kier molecular flexibility index (Phi) is 4.83.